The molecule has 26 heavy (non-hydrogen) atoms. The van der Waals surface area contributed by atoms with Crippen LogP contribution in [0.4, 0.5) is 4.39 Å². The van der Waals surface area contributed by atoms with E-state index in [9.17, 15) is 18.8 Å². The molecule has 0 N–H and O–H groups in total. The number of carbonyl (C=O) groups is 3. The van der Waals surface area contributed by atoms with Crippen LogP contribution >= 0.6 is 0 Å². The first-order valence-corrected chi connectivity index (χ1v) is 8.66. The fourth-order valence-electron chi connectivity index (χ4n) is 3.22. The Balaban J connectivity index is 1.60. The zero-order valence-corrected chi connectivity index (χ0v) is 14.6. The second-order valence-corrected chi connectivity index (χ2v) is 6.57. The van der Waals surface area contributed by atoms with E-state index in [1.807, 2.05) is 0 Å². The molecule has 0 radical (unpaired) electrons. The lowest BCUT2D eigenvalue weighted by Crippen LogP contribution is -2.40. The Morgan fingerprint density at radius 3 is 1.88 bits per heavy atom. The summed E-state index contributed by atoms with van der Waals surface area (Å²) >= 11 is 0. The number of Topliss-reactive ketones (excluding diaryl/α,β-unsaturated/α-hetero) is 2. The van der Waals surface area contributed by atoms with Gasteiger partial charge in [0.25, 0.3) is 5.91 Å². The molecule has 1 amide bonds. The van der Waals surface area contributed by atoms with E-state index in [1.54, 1.807) is 29.2 Å². The second-order valence-electron chi connectivity index (χ2n) is 6.57. The van der Waals surface area contributed by atoms with Crippen LogP contribution in [-0.4, -0.2) is 35.5 Å². The summed E-state index contributed by atoms with van der Waals surface area (Å²) in [6.45, 7) is 2.50. The molecule has 0 spiro atoms. The number of benzene rings is 2. The molecule has 1 heterocycles. The summed E-state index contributed by atoms with van der Waals surface area (Å²) in [6, 6.07) is 12.2. The normalized spacial score (nSPS) is 14.9. The minimum atomic E-state index is -0.363. The molecule has 1 saturated heterocycles. The molecule has 0 saturated carbocycles. The molecule has 0 unspecified atom stereocenters. The fourth-order valence-corrected chi connectivity index (χ4v) is 3.22. The highest BCUT2D eigenvalue weighted by molar-refractivity contribution is 5.99. The van der Waals surface area contributed by atoms with Crippen LogP contribution in [0.25, 0.3) is 0 Å². The van der Waals surface area contributed by atoms with Gasteiger partial charge in [-0.15, -0.1) is 0 Å². The van der Waals surface area contributed by atoms with E-state index in [0.717, 1.165) is 0 Å². The van der Waals surface area contributed by atoms with Crippen LogP contribution in [0.1, 0.15) is 50.8 Å². The lowest BCUT2D eigenvalue weighted by molar-refractivity contribution is 0.0650. The van der Waals surface area contributed by atoms with E-state index in [-0.39, 0.29) is 29.2 Å². The first-order valence-electron chi connectivity index (χ1n) is 8.66. The number of amides is 1. The van der Waals surface area contributed by atoms with Crippen LogP contribution in [0.5, 0.6) is 0 Å². The Kier molecular flexibility index (Phi) is 5.26. The highest BCUT2D eigenvalue weighted by Gasteiger charge is 2.28. The predicted octanol–water partition coefficient (Wildman–Crippen LogP) is 3.76. The summed E-state index contributed by atoms with van der Waals surface area (Å²) in [5.41, 5.74) is 1.62. The Morgan fingerprint density at radius 1 is 0.846 bits per heavy atom. The van der Waals surface area contributed by atoms with Crippen molar-refractivity contribution in [1.82, 2.24) is 4.90 Å². The third kappa shape index (κ3) is 3.87. The minimum Gasteiger partial charge on any atom is -0.339 e. The molecule has 134 valence electrons. The first-order chi connectivity index (χ1) is 12.5. The smallest absolute Gasteiger partial charge is 0.253 e. The highest BCUT2D eigenvalue weighted by Crippen LogP contribution is 2.23. The maximum Gasteiger partial charge on any atom is 0.253 e. The largest absolute Gasteiger partial charge is 0.339 e. The number of carbonyl (C=O) groups excluding carboxylic acids is 3. The molecule has 5 heteroatoms. The number of piperidine rings is 1. The zero-order valence-electron chi connectivity index (χ0n) is 14.6. The standard InChI is InChI=1S/C21H20FNO3/c1-14(24)15-2-4-18(5-3-15)21(26)23-12-10-17(11-13-23)20(25)16-6-8-19(22)9-7-16/h2-9,17H,10-13H2,1H3. The van der Waals surface area contributed by atoms with Gasteiger partial charge in [0.05, 0.1) is 0 Å². The molecule has 0 aromatic heterocycles. The van der Waals surface area contributed by atoms with Crippen molar-refractivity contribution in [2.75, 3.05) is 13.1 Å². The minimum absolute atomic E-state index is 0.00269. The van der Waals surface area contributed by atoms with Crippen molar-refractivity contribution in [3.63, 3.8) is 0 Å². The van der Waals surface area contributed by atoms with Crippen LogP contribution in [0.3, 0.4) is 0 Å². The Hall–Kier alpha value is -2.82. The molecule has 1 aliphatic heterocycles. The van der Waals surface area contributed by atoms with Gasteiger partial charge >= 0.3 is 0 Å². The van der Waals surface area contributed by atoms with E-state index >= 15 is 0 Å². The van der Waals surface area contributed by atoms with Crippen molar-refractivity contribution in [2.24, 2.45) is 5.92 Å². The molecule has 1 fully saturated rings. The van der Waals surface area contributed by atoms with Crippen molar-refractivity contribution in [2.45, 2.75) is 19.8 Å². The summed E-state index contributed by atoms with van der Waals surface area (Å²) in [4.78, 5) is 38.1. The van der Waals surface area contributed by atoms with Gasteiger partial charge in [0, 0.05) is 35.7 Å². The van der Waals surface area contributed by atoms with Crippen molar-refractivity contribution in [1.29, 1.82) is 0 Å². The molecule has 3 rings (SSSR count). The Bertz CT molecular complexity index is 819. The lowest BCUT2D eigenvalue weighted by atomic mass is 9.88. The van der Waals surface area contributed by atoms with Crippen LogP contribution in [-0.2, 0) is 0 Å². The van der Waals surface area contributed by atoms with Gasteiger partial charge in [-0.3, -0.25) is 14.4 Å². The Labute approximate surface area is 151 Å². The molecular formula is C21H20FNO3. The third-order valence-corrected chi connectivity index (χ3v) is 4.82. The summed E-state index contributed by atoms with van der Waals surface area (Å²) in [6.07, 6.45) is 1.18. The number of hydrogen-bond acceptors (Lipinski definition) is 3. The van der Waals surface area contributed by atoms with E-state index in [4.69, 9.17) is 0 Å². The van der Waals surface area contributed by atoms with Crippen LogP contribution in [0, 0.1) is 11.7 Å². The van der Waals surface area contributed by atoms with Crippen molar-refractivity contribution in [3.8, 4) is 0 Å². The lowest BCUT2D eigenvalue weighted by Gasteiger charge is -2.31. The van der Waals surface area contributed by atoms with Gasteiger partial charge in [0.2, 0.25) is 0 Å². The van der Waals surface area contributed by atoms with Gasteiger partial charge in [-0.25, -0.2) is 4.39 Å². The van der Waals surface area contributed by atoms with E-state index in [1.165, 1.54) is 31.2 Å². The fraction of sp³-hybridized carbons (Fsp3) is 0.286. The number of ketones is 2. The monoisotopic (exact) mass is 353 g/mol. The predicted molar refractivity (Wildman–Crippen MR) is 95.8 cm³/mol. The zero-order chi connectivity index (χ0) is 18.7. The van der Waals surface area contributed by atoms with E-state index in [2.05, 4.69) is 0 Å². The molecule has 0 aliphatic carbocycles. The molecule has 1 aliphatic rings. The maximum absolute atomic E-state index is 13.0. The highest BCUT2D eigenvalue weighted by atomic mass is 19.1. The summed E-state index contributed by atoms with van der Waals surface area (Å²) in [7, 11) is 0. The van der Waals surface area contributed by atoms with Crippen molar-refractivity contribution in [3.05, 3.63) is 71.0 Å². The number of hydrogen-bond donors (Lipinski definition) is 0. The van der Waals surface area contributed by atoms with Gasteiger partial charge in [-0.2, -0.15) is 0 Å². The summed E-state index contributed by atoms with van der Waals surface area (Å²) < 4.78 is 13.0. The second kappa shape index (κ2) is 7.60. The molecular weight excluding hydrogens is 333 g/mol. The van der Waals surface area contributed by atoms with Crippen LogP contribution in [0.15, 0.2) is 48.5 Å². The van der Waals surface area contributed by atoms with E-state index in [0.29, 0.717) is 42.6 Å². The molecule has 2 aromatic carbocycles. The molecule has 0 atom stereocenters. The van der Waals surface area contributed by atoms with Gasteiger partial charge < -0.3 is 4.90 Å². The number of nitrogens with zero attached hydrogens (tertiary/aromatic N) is 1. The molecule has 2 aromatic rings. The quantitative estimate of drug-likeness (QED) is 0.787. The molecule has 0 bridgehead atoms. The van der Waals surface area contributed by atoms with Crippen molar-refractivity contribution < 1.29 is 18.8 Å². The number of likely N-dealkylation sites (tertiary alicyclic amines) is 1. The van der Waals surface area contributed by atoms with E-state index < -0.39 is 0 Å². The molecule has 4 nitrogen and oxygen atoms in total. The number of rotatable bonds is 4. The summed E-state index contributed by atoms with van der Waals surface area (Å²) in [5, 5.41) is 0. The topological polar surface area (TPSA) is 54.5 Å². The summed E-state index contributed by atoms with van der Waals surface area (Å²) in [5.74, 6) is -0.637. The van der Waals surface area contributed by atoms with Crippen LogP contribution in [0.2, 0.25) is 0 Å². The van der Waals surface area contributed by atoms with Crippen molar-refractivity contribution >= 4 is 17.5 Å². The van der Waals surface area contributed by atoms with Gasteiger partial charge in [0.15, 0.2) is 11.6 Å². The van der Waals surface area contributed by atoms with Gasteiger partial charge in [-0.1, -0.05) is 12.1 Å². The van der Waals surface area contributed by atoms with Crippen LogP contribution < -0.4 is 0 Å². The Morgan fingerprint density at radius 2 is 1.35 bits per heavy atom. The first kappa shape index (κ1) is 18.0. The maximum atomic E-state index is 13.0. The SMILES string of the molecule is CC(=O)c1ccc(C(=O)N2CCC(C(=O)c3ccc(F)cc3)CC2)cc1. The van der Waals surface area contributed by atoms with Gasteiger partial charge in [0.1, 0.15) is 5.82 Å². The average molecular weight is 353 g/mol. The van der Waals surface area contributed by atoms with Gasteiger partial charge in [-0.05, 0) is 56.2 Å². The third-order valence-electron chi connectivity index (χ3n) is 4.82. The average Bonchev–Trinajstić information content (AvgIpc) is 2.67. The number of halogens is 1.